The third-order valence-corrected chi connectivity index (χ3v) is 5.18. The Morgan fingerprint density at radius 3 is 2.93 bits per heavy atom. The normalized spacial score (nSPS) is 16.9. The molecule has 2 amide bonds. The quantitative estimate of drug-likeness (QED) is 0.615. The molecule has 7 nitrogen and oxygen atoms in total. The van der Waals surface area contributed by atoms with Gasteiger partial charge in [0.1, 0.15) is 18.4 Å². The molecular weight excluding hydrogens is 392 g/mol. The minimum Gasteiger partial charge on any atom is -0.491 e. The van der Waals surface area contributed by atoms with Gasteiger partial charge in [-0.3, -0.25) is 9.59 Å². The molecule has 0 aliphatic carbocycles. The Kier molecular flexibility index (Phi) is 8.01. The summed E-state index contributed by atoms with van der Waals surface area (Å²) in [4.78, 5) is 25.1. The number of carbonyl (C=O) groups excluding carboxylic acids is 2. The number of ether oxygens (including phenoxy) is 2. The number of thioether (sulfide) groups is 1. The lowest BCUT2D eigenvalue weighted by Gasteiger charge is -2.18. The fourth-order valence-electron chi connectivity index (χ4n) is 3.00. The van der Waals surface area contributed by atoms with Crippen LogP contribution in [0.15, 0.2) is 47.1 Å². The maximum Gasteiger partial charge on any atom is 0.287 e. The molecule has 156 valence electrons. The highest BCUT2D eigenvalue weighted by Gasteiger charge is 2.22. The molecular formula is C21H26N2O5S. The molecule has 2 heterocycles. The van der Waals surface area contributed by atoms with Crippen LogP contribution in [0.3, 0.4) is 0 Å². The van der Waals surface area contributed by atoms with Crippen molar-refractivity contribution in [1.82, 2.24) is 5.32 Å². The highest BCUT2D eigenvalue weighted by molar-refractivity contribution is 7.98. The van der Waals surface area contributed by atoms with Gasteiger partial charge in [0.25, 0.3) is 5.91 Å². The first kappa shape index (κ1) is 21.3. The van der Waals surface area contributed by atoms with Crippen LogP contribution in [-0.4, -0.2) is 49.2 Å². The average Bonchev–Trinajstić information content (AvgIpc) is 3.44. The van der Waals surface area contributed by atoms with Gasteiger partial charge in [0.05, 0.1) is 12.4 Å². The molecule has 0 radical (unpaired) electrons. The molecule has 1 aromatic carbocycles. The third kappa shape index (κ3) is 6.54. The lowest BCUT2D eigenvalue weighted by Crippen LogP contribution is -2.44. The van der Waals surface area contributed by atoms with Crippen molar-refractivity contribution in [3.05, 3.63) is 48.4 Å². The fraction of sp³-hybridized carbons (Fsp3) is 0.429. The van der Waals surface area contributed by atoms with Crippen LogP contribution in [0.4, 0.5) is 5.69 Å². The van der Waals surface area contributed by atoms with Crippen molar-refractivity contribution in [1.29, 1.82) is 0 Å². The van der Waals surface area contributed by atoms with Crippen LogP contribution >= 0.6 is 11.8 Å². The van der Waals surface area contributed by atoms with Crippen molar-refractivity contribution in [2.45, 2.75) is 31.4 Å². The molecule has 1 fully saturated rings. The number of hydrogen-bond acceptors (Lipinski definition) is 6. The van der Waals surface area contributed by atoms with Gasteiger partial charge in [-0.25, -0.2) is 0 Å². The smallest absolute Gasteiger partial charge is 0.287 e. The van der Waals surface area contributed by atoms with E-state index in [1.54, 1.807) is 36.0 Å². The summed E-state index contributed by atoms with van der Waals surface area (Å²) in [7, 11) is 0. The minimum atomic E-state index is -0.670. The van der Waals surface area contributed by atoms with E-state index in [9.17, 15) is 9.59 Å². The fourth-order valence-corrected chi connectivity index (χ4v) is 3.47. The van der Waals surface area contributed by atoms with Crippen molar-refractivity contribution in [3.63, 3.8) is 0 Å². The second-order valence-corrected chi connectivity index (χ2v) is 7.73. The summed E-state index contributed by atoms with van der Waals surface area (Å²) in [6.45, 7) is 1.28. The highest BCUT2D eigenvalue weighted by atomic mass is 32.2. The molecule has 1 saturated heterocycles. The Morgan fingerprint density at radius 1 is 1.31 bits per heavy atom. The Bertz CT molecular complexity index is 790. The summed E-state index contributed by atoms with van der Waals surface area (Å²) in [6.07, 6.45) is 6.08. The van der Waals surface area contributed by atoms with Gasteiger partial charge in [-0.15, -0.1) is 0 Å². The van der Waals surface area contributed by atoms with Gasteiger partial charge >= 0.3 is 0 Å². The van der Waals surface area contributed by atoms with Crippen molar-refractivity contribution >= 4 is 29.3 Å². The summed E-state index contributed by atoms with van der Waals surface area (Å²) in [5, 5.41) is 5.61. The molecule has 0 unspecified atom stereocenters. The van der Waals surface area contributed by atoms with Crippen LogP contribution in [0.2, 0.25) is 0 Å². The predicted molar refractivity (Wildman–Crippen MR) is 113 cm³/mol. The van der Waals surface area contributed by atoms with Crippen LogP contribution in [0.1, 0.15) is 29.8 Å². The van der Waals surface area contributed by atoms with Gasteiger partial charge < -0.3 is 24.5 Å². The molecule has 1 aliphatic rings. The number of nitrogens with one attached hydrogen (secondary N) is 2. The Morgan fingerprint density at radius 2 is 2.21 bits per heavy atom. The third-order valence-electron chi connectivity index (χ3n) is 4.54. The zero-order valence-corrected chi connectivity index (χ0v) is 17.2. The van der Waals surface area contributed by atoms with E-state index in [1.807, 2.05) is 18.4 Å². The monoisotopic (exact) mass is 418 g/mol. The number of benzene rings is 1. The van der Waals surface area contributed by atoms with Crippen molar-refractivity contribution in [2.75, 3.05) is 30.5 Å². The second kappa shape index (κ2) is 10.9. The first-order valence-corrected chi connectivity index (χ1v) is 11.0. The minimum absolute atomic E-state index is 0.126. The van der Waals surface area contributed by atoms with Crippen LogP contribution < -0.4 is 15.4 Å². The van der Waals surface area contributed by atoms with Gasteiger partial charge in [-0.1, -0.05) is 6.07 Å². The lowest BCUT2D eigenvalue weighted by molar-refractivity contribution is -0.118. The van der Waals surface area contributed by atoms with E-state index >= 15 is 0 Å². The second-order valence-electron chi connectivity index (χ2n) is 6.75. The van der Waals surface area contributed by atoms with E-state index in [2.05, 4.69) is 10.6 Å². The van der Waals surface area contributed by atoms with Crippen LogP contribution in [0, 0.1) is 0 Å². The van der Waals surface area contributed by atoms with Gasteiger partial charge in [-0.05, 0) is 55.5 Å². The topological polar surface area (TPSA) is 89.8 Å². The van der Waals surface area contributed by atoms with Gasteiger partial charge in [0.2, 0.25) is 5.91 Å². The summed E-state index contributed by atoms with van der Waals surface area (Å²) in [5.41, 5.74) is 0.612. The highest BCUT2D eigenvalue weighted by Crippen LogP contribution is 2.20. The van der Waals surface area contributed by atoms with E-state index in [-0.39, 0.29) is 17.8 Å². The van der Waals surface area contributed by atoms with Crippen molar-refractivity contribution in [2.24, 2.45) is 0 Å². The molecule has 0 spiro atoms. The summed E-state index contributed by atoms with van der Waals surface area (Å²) < 4.78 is 16.5. The zero-order chi connectivity index (χ0) is 20.5. The molecule has 2 N–H and O–H groups in total. The van der Waals surface area contributed by atoms with Gasteiger partial charge in [0.15, 0.2) is 5.76 Å². The van der Waals surface area contributed by atoms with E-state index in [0.717, 1.165) is 25.2 Å². The number of amides is 2. The number of rotatable bonds is 10. The molecule has 0 bridgehead atoms. The summed E-state index contributed by atoms with van der Waals surface area (Å²) in [5.74, 6) is 0.885. The number of furan rings is 1. The van der Waals surface area contributed by atoms with Crippen molar-refractivity contribution < 1.29 is 23.5 Å². The number of anilines is 1. The first-order valence-electron chi connectivity index (χ1n) is 9.64. The standard InChI is InChI=1S/C21H26N2O5S/c1-29-12-9-18(23-21(25)19-8-4-11-27-19)20(24)22-15-5-2-6-16(13-15)28-14-17-7-3-10-26-17/h2,4-6,8,11,13,17-18H,3,7,9-10,12,14H2,1H3,(H,22,24)(H,23,25)/t17-,18+/m0/s1. The summed E-state index contributed by atoms with van der Waals surface area (Å²) in [6, 6.07) is 9.75. The lowest BCUT2D eigenvalue weighted by atomic mass is 10.2. The molecule has 2 atom stereocenters. The van der Waals surface area contributed by atoms with Gasteiger partial charge in [0, 0.05) is 18.4 Å². The SMILES string of the molecule is CSCC[C@@H](NC(=O)c1ccco1)C(=O)Nc1cccc(OC[C@@H]2CCCO2)c1. The van der Waals surface area contributed by atoms with Crippen LogP contribution in [0.25, 0.3) is 0 Å². The number of carbonyl (C=O) groups is 2. The largest absolute Gasteiger partial charge is 0.491 e. The van der Waals surface area contributed by atoms with Gasteiger partial charge in [-0.2, -0.15) is 11.8 Å². The van der Waals surface area contributed by atoms with E-state index < -0.39 is 11.9 Å². The molecule has 1 aliphatic heterocycles. The van der Waals surface area contributed by atoms with E-state index in [1.165, 1.54) is 6.26 Å². The summed E-state index contributed by atoms with van der Waals surface area (Å²) >= 11 is 1.61. The number of hydrogen-bond donors (Lipinski definition) is 2. The predicted octanol–water partition coefficient (Wildman–Crippen LogP) is 3.33. The maximum atomic E-state index is 12.8. The van der Waals surface area contributed by atoms with Crippen molar-refractivity contribution in [3.8, 4) is 5.75 Å². The van der Waals surface area contributed by atoms with Crippen LogP contribution in [0.5, 0.6) is 5.75 Å². The molecule has 8 heteroatoms. The molecule has 29 heavy (non-hydrogen) atoms. The Labute approximate surface area is 174 Å². The van der Waals surface area contributed by atoms with E-state index in [0.29, 0.717) is 24.5 Å². The zero-order valence-electron chi connectivity index (χ0n) is 16.4. The Hall–Kier alpha value is -2.45. The molecule has 2 aromatic rings. The van der Waals surface area contributed by atoms with Crippen LogP contribution in [-0.2, 0) is 9.53 Å². The van der Waals surface area contributed by atoms with E-state index in [4.69, 9.17) is 13.9 Å². The molecule has 0 saturated carbocycles. The first-order chi connectivity index (χ1) is 14.2. The molecule has 3 rings (SSSR count). The Balaban J connectivity index is 1.58. The molecule has 1 aromatic heterocycles. The maximum absolute atomic E-state index is 12.8. The average molecular weight is 419 g/mol.